The quantitative estimate of drug-likeness (QED) is 0.750. The van der Waals surface area contributed by atoms with E-state index in [0.29, 0.717) is 12.1 Å². The van der Waals surface area contributed by atoms with E-state index in [0.717, 1.165) is 0 Å². The van der Waals surface area contributed by atoms with E-state index in [2.05, 4.69) is 16.8 Å². The normalized spacial score (nSPS) is 33.0. The van der Waals surface area contributed by atoms with Crippen LogP contribution in [0.4, 0.5) is 0 Å². The molecule has 0 aromatic heterocycles. The predicted octanol–water partition coefficient (Wildman–Crippen LogP) is 0.894. The van der Waals surface area contributed by atoms with Crippen molar-refractivity contribution in [3.8, 4) is 0 Å². The van der Waals surface area contributed by atoms with Crippen LogP contribution < -0.4 is 5.73 Å². The van der Waals surface area contributed by atoms with Crippen LogP contribution in [0.25, 0.3) is 0 Å². The lowest BCUT2D eigenvalue weighted by atomic mass is 10.1. The molecule has 0 radical (unpaired) electrons. The van der Waals surface area contributed by atoms with Crippen LogP contribution in [-0.4, -0.2) is 55.1 Å². The SMILES string of the molecule is CN(CCN1CCCC1)C1CCCC1N. The average molecular weight is 211 g/mol. The minimum atomic E-state index is 0.425. The molecule has 1 saturated heterocycles. The molecule has 2 unspecified atom stereocenters. The minimum Gasteiger partial charge on any atom is -0.326 e. The monoisotopic (exact) mass is 211 g/mol. The lowest BCUT2D eigenvalue weighted by Crippen LogP contribution is -2.44. The molecule has 15 heavy (non-hydrogen) atoms. The predicted molar refractivity (Wildman–Crippen MR) is 63.9 cm³/mol. The zero-order valence-electron chi connectivity index (χ0n) is 9.99. The Morgan fingerprint density at radius 3 is 2.53 bits per heavy atom. The third kappa shape index (κ3) is 2.92. The molecule has 0 bridgehead atoms. The van der Waals surface area contributed by atoms with Crippen molar-refractivity contribution < 1.29 is 0 Å². The van der Waals surface area contributed by atoms with Gasteiger partial charge in [0.2, 0.25) is 0 Å². The van der Waals surface area contributed by atoms with Crippen molar-refractivity contribution in [1.82, 2.24) is 9.80 Å². The van der Waals surface area contributed by atoms with Gasteiger partial charge in [-0.15, -0.1) is 0 Å². The molecule has 2 rings (SSSR count). The Balaban J connectivity index is 1.69. The standard InChI is InChI=1S/C12H25N3/c1-14(12-6-4-5-11(12)13)9-10-15-7-2-3-8-15/h11-12H,2-10,13H2,1H3. The van der Waals surface area contributed by atoms with Gasteiger partial charge in [-0.25, -0.2) is 0 Å². The van der Waals surface area contributed by atoms with Gasteiger partial charge in [0, 0.05) is 25.2 Å². The highest BCUT2D eigenvalue weighted by atomic mass is 15.2. The summed E-state index contributed by atoms with van der Waals surface area (Å²) in [5.41, 5.74) is 6.11. The summed E-state index contributed by atoms with van der Waals surface area (Å²) >= 11 is 0. The Morgan fingerprint density at radius 2 is 1.93 bits per heavy atom. The molecule has 3 heteroatoms. The van der Waals surface area contributed by atoms with Gasteiger partial charge in [-0.2, -0.15) is 0 Å². The highest BCUT2D eigenvalue weighted by molar-refractivity contribution is 4.87. The summed E-state index contributed by atoms with van der Waals surface area (Å²) in [7, 11) is 2.24. The van der Waals surface area contributed by atoms with E-state index in [-0.39, 0.29) is 0 Å². The fourth-order valence-corrected chi connectivity index (χ4v) is 2.99. The Labute approximate surface area is 93.6 Å². The first-order valence-electron chi connectivity index (χ1n) is 6.45. The zero-order valence-corrected chi connectivity index (χ0v) is 9.99. The molecule has 1 saturated carbocycles. The molecular weight excluding hydrogens is 186 g/mol. The molecule has 2 N–H and O–H groups in total. The zero-order chi connectivity index (χ0) is 10.7. The maximum atomic E-state index is 6.11. The van der Waals surface area contributed by atoms with E-state index in [1.54, 1.807) is 0 Å². The third-order valence-corrected chi connectivity index (χ3v) is 4.07. The maximum Gasteiger partial charge on any atom is 0.0244 e. The molecule has 2 atom stereocenters. The van der Waals surface area contributed by atoms with Crippen molar-refractivity contribution in [2.24, 2.45) is 5.73 Å². The molecule has 2 aliphatic rings. The van der Waals surface area contributed by atoms with E-state index in [9.17, 15) is 0 Å². The first-order chi connectivity index (χ1) is 7.27. The summed E-state index contributed by atoms with van der Waals surface area (Å²) in [5, 5.41) is 0. The molecule has 2 fully saturated rings. The second-order valence-electron chi connectivity index (χ2n) is 5.19. The second-order valence-corrected chi connectivity index (χ2v) is 5.19. The van der Waals surface area contributed by atoms with Gasteiger partial charge >= 0.3 is 0 Å². The van der Waals surface area contributed by atoms with Gasteiger partial charge in [0.05, 0.1) is 0 Å². The van der Waals surface area contributed by atoms with E-state index >= 15 is 0 Å². The van der Waals surface area contributed by atoms with Gasteiger partial charge < -0.3 is 15.5 Å². The first kappa shape index (κ1) is 11.4. The van der Waals surface area contributed by atoms with E-state index in [1.807, 2.05) is 0 Å². The molecule has 0 amide bonds. The van der Waals surface area contributed by atoms with Gasteiger partial charge in [0.1, 0.15) is 0 Å². The summed E-state index contributed by atoms with van der Waals surface area (Å²) in [5.74, 6) is 0. The van der Waals surface area contributed by atoms with Crippen LogP contribution in [-0.2, 0) is 0 Å². The number of hydrogen-bond acceptors (Lipinski definition) is 3. The summed E-state index contributed by atoms with van der Waals surface area (Å²) in [6, 6.07) is 1.07. The van der Waals surface area contributed by atoms with Gasteiger partial charge in [-0.1, -0.05) is 6.42 Å². The van der Waals surface area contributed by atoms with E-state index in [1.165, 1.54) is 58.3 Å². The van der Waals surface area contributed by atoms with Crippen LogP contribution in [0.3, 0.4) is 0 Å². The average Bonchev–Trinajstić information content (AvgIpc) is 2.84. The number of hydrogen-bond donors (Lipinski definition) is 1. The Kier molecular flexibility index (Phi) is 4.00. The molecule has 1 heterocycles. The Hall–Kier alpha value is -0.120. The number of rotatable bonds is 4. The van der Waals surface area contributed by atoms with Crippen LogP contribution >= 0.6 is 0 Å². The third-order valence-electron chi connectivity index (χ3n) is 4.07. The number of likely N-dealkylation sites (tertiary alicyclic amines) is 1. The second kappa shape index (κ2) is 5.28. The van der Waals surface area contributed by atoms with Crippen molar-refractivity contribution in [3.63, 3.8) is 0 Å². The van der Waals surface area contributed by atoms with Crippen LogP contribution in [0.1, 0.15) is 32.1 Å². The molecule has 1 aliphatic carbocycles. The van der Waals surface area contributed by atoms with Crippen molar-refractivity contribution in [2.75, 3.05) is 33.2 Å². The van der Waals surface area contributed by atoms with Crippen molar-refractivity contribution in [1.29, 1.82) is 0 Å². The van der Waals surface area contributed by atoms with Crippen molar-refractivity contribution in [2.45, 2.75) is 44.2 Å². The molecule has 1 aliphatic heterocycles. The topological polar surface area (TPSA) is 32.5 Å². The molecule has 0 aromatic carbocycles. The molecule has 3 nitrogen and oxygen atoms in total. The van der Waals surface area contributed by atoms with Crippen LogP contribution in [0.15, 0.2) is 0 Å². The smallest absolute Gasteiger partial charge is 0.0244 e. The highest BCUT2D eigenvalue weighted by Gasteiger charge is 2.27. The largest absolute Gasteiger partial charge is 0.326 e. The Morgan fingerprint density at radius 1 is 1.20 bits per heavy atom. The molecule has 0 spiro atoms. The number of nitrogens with two attached hydrogens (primary N) is 1. The number of nitrogens with zero attached hydrogens (tertiary/aromatic N) is 2. The highest BCUT2D eigenvalue weighted by Crippen LogP contribution is 2.21. The minimum absolute atomic E-state index is 0.425. The van der Waals surface area contributed by atoms with Gasteiger partial charge in [-0.05, 0) is 45.8 Å². The molecular formula is C12H25N3. The van der Waals surface area contributed by atoms with E-state index < -0.39 is 0 Å². The molecule has 88 valence electrons. The lowest BCUT2D eigenvalue weighted by molar-refractivity contribution is 0.196. The van der Waals surface area contributed by atoms with Crippen molar-refractivity contribution in [3.05, 3.63) is 0 Å². The summed E-state index contributed by atoms with van der Waals surface area (Å²) in [4.78, 5) is 5.06. The Bertz CT molecular complexity index is 189. The van der Waals surface area contributed by atoms with Gasteiger partial charge in [0.15, 0.2) is 0 Å². The fraction of sp³-hybridized carbons (Fsp3) is 1.00. The summed E-state index contributed by atoms with van der Waals surface area (Å²) < 4.78 is 0. The summed E-state index contributed by atoms with van der Waals surface area (Å²) in [6.07, 6.45) is 6.63. The van der Waals surface area contributed by atoms with Crippen LogP contribution in [0.5, 0.6) is 0 Å². The lowest BCUT2D eigenvalue weighted by Gasteiger charge is -2.29. The van der Waals surface area contributed by atoms with E-state index in [4.69, 9.17) is 5.73 Å². The van der Waals surface area contributed by atoms with Gasteiger partial charge in [0.25, 0.3) is 0 Å². The number of likely N-dealkylation sites (N-methyl/N-ethyl adjacent to an activating group) is 1. The maximum absolute atomic E-state index is 6.11. The summed E-state index contributed by atoms with van der Waals surface area (Å²) in [6.45, 7) is 5.05. The fourth-order valence-electron chi connectivity index (χ4n) is 2.99. The van der Waals surface area contributed by atoms with Crippen molar-refractivity contribution >= 4 is 0 Å². The molecule has 0 aromatic rings. The van der Waals surface area contributed by atoms with Gasteiger partial charge in [-0.3, -0.25) is 0 Å². The van der Waals surface area contributed by atoms with Crippen LogP contribution in [0, 0.1) is 0 Å². The van der Waals surface area contributed by atoms with Crippen LogP contribution in [0.2, 0.25) is 0 Å². The first-order valence-corrected chi connectivity index (χ1v) is 6.45.